The van der Waals surface area contributed by atoms with Crippen molar-refractivity contribution in [2.24, 2.45) is 5.73 Å². The van der Waals surface area contributed by atoms with Crippen LogP contribution in [-0.2, 0) is 19.5 Å². The molecule has 0 aromatic heterocycles. The molecule has 0 amide bonds. The summed E-state index contributed by atoms with van der Waals surface area (Å²) in [5.74, 6) is 0. The van der Waals surface area contributed by atoms with Crippen molar-refractivity contribution < 1.29 is 4.79 Å². The smallest absolute Gasteiger partial charge is 0.150 e. The Kier molecular flexibility index (Phi) is 4.36. The Morgan fingerprint density at radius 2 is 2.00 bits per heavy atom. The van der Waals surface area contributed by atoms with Crippen molar-refractivity contribution in [3.05, 3.63) is 70.3 Å². The van der Waals surface area contributed by atoms with Crippen LogP contribution in [0.4, 0.5) is 0 Å². The first-order chi connectivity index (χ1) is 10.7. The average Bonchev–Trinajstić information content (AvgIpc) is 2.54. The second kappa shape index (κ2) is 6.42. The monoisotopic (exact) mass is 294 g/mol. The molecule has 1 atom stereocenters. The van der Waals surface area contributed by atoms with Crippen LogP contribution in [0.15, 0.2) is 42.5 Å². The molecular weight excluding hydrogens is 272 g/mol. The van der Waals surface area contributed by atoms with Crippen LogP contribution in [0.25, 0.3) is 0 Å². The molecule has 114 valence electrons. The number of hydrogen-bond donors (Lipinski definition) is 1. The van der Waals surface area contributed by atoms with Crippen molar-refractivity contribution in [3.63, 3.8) is 0 Å². The normalized spacial score (nSPS) is 16.1. The van der Waals surface area contributed by atoms with Gasteiger partial charge in [0, 0.05) is 31.2 Å². The number of aldehydes is 1. The molecular formula is C19H22N2O. The number of carbonyl (C=O) groups is 1. The van der Waals surface area contributed by atoms with Gasteiger partial charge in [0.1, 0.15) is 6.29 Å². The van der Waals surface area contributed by atoms with E-state index in [2.05, 4.69) is 35.2 Å². The number of nitrogens with zero attached hydrogens (tertiary/aromatic N) is 1. The summed E-state index contributed by atoms with van der Waals surface area (Å²) in [6.07, 6.45) is 1.92. The van der Waals surface area contributed by atoms with E-state index < -0.39 is 0 Å². The Morgan fingerprint density at radius 1 is 1.23 bits per heavy atom. The van der Waals surface area contributed by atoms with E-state index in [0.29, 0.717) is 0 Å². The van der Waals surface area contributed by atoms with Crippen molar-refractivity contribution >= 4 is 6.29 Å². The molecule has 3 heteroatoms. The number of carbonyl (C=O) groups excluding carboxylic acids is 1. The van der Waals surface area contributed by atoms with Crippen LogP contribution in [0.5, 0.6) is 0 Å². The van der Waals surface area contributed by atoms with Gasteiger partial charge in [-0.1, -0.05) is 42.5 Å². The first-order valence-corrected chi connectivity index (χ1v) is 7.80. The Hall–Kier alpha value is -1.97. The predicted molar refractivity (Wildman–Crippen MR) is 88.7 cm³/mol. The van der Waals surface area contributed by atoms with E-state index in [4.69, 9.17) is 5.73 Å². The lowest BCUT2D eigenvalue weighted by Gasteiger charge is -2.29. The minimum absolute atomic E-state index is 0.0812. The molecule has 0 bridgehead atoms. The van der Waals surface area contributed by atoms with E-state index in [1.807, 2.05) is 19.1 Å². The molecule has 0 aliphatic carbocycles. The first-order valence-electron chi connectivity index (χ1n) is 7.80. The van der Waals surface area contributed by atoms with Gasteiger partial charge in [-0.2, -0.15) is 0 Å². The quantitative estimate of drug-likeness (QED) is 0.882. The number of rotatable bonds is 4. The summed E-state index contributed by atoms with van der Waals surface area (Å²) < 4.78 is 0. The largest absolute Gasteiger partial charge is 0.324 e. The van der Waals surface area contributed by atoms with Crippen molar-refractivity contribution in [2.45, 2.75) is 32.5 Å². The van der Waals surface area contributed by atoms with Gasteiger partial charge in [-0.25, -0.2) is 0 Å². The molecule has 0 radical (unpaired) electrons. The lowest BCUT2D eigenvalue weighted by Crippen LogP contribution is -2.30. The molecule has 1 aliphatic rings. The third-order valence-corrected chi connectivity index (χ3v) is 4.42. The Balaban J connectivity index is 1.71. The molecule has 22 heavy (non-hydrogen) atoms. The minimum atomic E-state index is 0.0812. The molecule has 0 saturated carbocycles. The van der Waals surface area contributed by atoms with Crippen LogP contribution < -0.4 is 5.73 Å². The van der Waals surface area contributed by atoms with Crippen LogP contribution in [-0.4, -0.2) is 17.7 Å². The lowest BCUT2D eigenvalue weighted by atomic mass is 9.95. The van der Waals surface area contributed by atoms with Crippen molar-refractivity contribution in [2.75, 3.05) is 6.54 Å². The summed E-state index contributed by atoms with van der Waals surface area (Å²) >= 11 is 0. The molecule has 1 aliphatic heterocycles. The molecule has 3 rings (SSSR count). The maximum Gasteiger partial charge on any atom is 0.150 e. The van der Waals surface area contributed by atoms with E-state index >= 15 is 0 Å². The topological polar surface area (TPSA) is 46.3 Å². The van der Waals surface area contributed by atoms with Crippen molar-refractivity contribution in [3.8, 4) is 0 Å². The number of fused-ring (bicyclic) bond motifs is 1. The molecule has 0 saturated heterocycles. The van der Waals surface area contributed by atoms with Crippen molar-refractivity contribution in [1.82, 2.24) is 4.90 Å². The van der Waals surface area contributed by atoms with E-state index in [-0.39, 0.29) is 6.04 Å². The summed E-state index contributed by atoms with van der Waals surface area (Å²) in [4.78, 5) is 13.5. The van der Waals surface area contributed by atoms with E-state index in [1.54, 1.807) is 0 Å². The highest BCUT2D eigenvalue weighted by atomic mass is 16.1. The highest BCUT2D eigenvalue weighted by Crippen LogP contribution is 2.23. The summed E-state index contributed by atoms with van der Waals surface area (Å²) in [5, 5.41) is 0. The zero-order valence-electron chi connectivity index (χ0n) is 13.0. The molecule has 0 spiro atoms. The predicted octanol–water partition coefficient (Wildman–Crippen LogP) is 3.08. The molecule has 2 aromatic rings. The first kappa shape index (κ1) is 14.9. The van der Waals surface area contributed by atoms with Gasteiger partial charge < -0.3 is 5.73 Å². The molecule has 0 fully saturated rings. The van der Waals surface area contributed by atoms with Gasteiger partial charge in [0.2, 0.25) is 0 Å². The Bertz CT molecular complexity index is 662. The molecule has 2 N–H and O–H groups in total. The van der Waals surface area contributed by atoms with Gasteiger partial charge >= 0.3 is 0 Å². The summed E-state index contributed by atoms with van der Waals surface area (Å²) in [6.45, 7) is 4.84. The third kappa shape index (κ3) is 3.11. The molecule has 2 aromatic carbocycles. The van der Waals surface area contributed by atoms with Crippen LogP contribution in [0.2, 0.25) is 0 Å². The molecule has 1 heterocycles. The zero-order valence-corrected chi connectivity index (χ0v) is 13.0. The maximum atomic E-state index is 11.1. The van der Waals surface area contributed by atoms with Crippen molar-refractivity contribution in [1.29, 1.82) is 0 Å². The minimum Gasteiger partial charge on any atom is -0.324 e. The summed E-state index contributed by atoms with van der Waals surface area (Å²) in [7, 11) is 0. The third-order valence-electron chi connectivity index (χ3n) is 4.42. The zero-order chi connectivity index (χ0) is 15.5. The van der Waals surface area contributed by atoms with E-state index in [1.165, 1.54) is 22.3 Å². The average molecular weight is 294 g/mol. The fourth-order valence-electron chi connectivity index (χ4n) is 3.13. The fraction of sp³-hybridized carbons (Fsp3) is 0.316. The van der Waals surface area contributed by atoms with Crippen LogP contribution >= 0.6 is 0 Å². The SMILES string of the molecule is C[C@H](N)c1ccc(CN2CCc3c(C=O)cccc3C2)cc1. The standard InChI is InChI=1S/C19H22N2O/c1-14(20)16-7-5-15(6-8-16)11-21-10-9-19-17(12-21)3-2-4-18(19)13-22/h2-8,13-14H,9-12,20H2,1H3/t14-/m0/s1. The molecule has 3 nitrogen and oxygen atoms in total. The lowest BCUT2D eigenvalue weighted by molar-refractivity contribution is 0.112. The van der Waals surface area contributed by atoms with Crippen LogP contribution in [0.3, 0.4) is 0 Å². The van der Waals surface area contributed by atoms with E-state index in [0.717, 1.165) is 37.9 Å². The maximum absolute atomic E-state index is 11.1. The van der Waals surface area contributed by atoms with Gasteiger partial charge in [-0.05, 0) is 35.6 Å². The number of hydrogen-bond acceptors (Lipinski definition) is 3. The van der Waals surface area contributed by atoms with Gasteiger partial charge in [-0.15, -0.1) is 0 Å². The summed E-state index contributed by atoms with van der Waals surface area (Å²) in [5.41, 5.74) is 11.7. The van der Waals surface area contributed by atoms with Gasteiger partial charge in [0.25, 0.3) is 0 Å². The molecule has 0 unspecified atom stereocenters. The highest BCUT2D eigenvalue weighted by molar-refractivity contribution is 5.78. The Labute approximate surface area is 131 Å². The second-order valence-electron chi connectivity index (χ2n) is 6.09. The van der Waals surface area contributed by atoms with Gasteiger partial charge in [0.05, 0.1) is 0 Å². The van der Waals surface area contributed by atoms with Crippen LogP contribution in [0, 0.1) is 0 Å². The highest BCUT2D eigenvalue weighted by Gasteiger charge is 2.18. The summed E-state index contributed by atoms with van der Waals surface area (Å²) in [6, 6.07) is 14.7. The van der Waals surface area contributed by atoms with Gasteiger partial charge in [0.15, 0.2) is 0 Å². The fourth-order valence-corrected chi connectivity index (χ4v) is 3.13. The number of nitrogens with two attached hydrogens (primary N) is 1. The Morgan fingerprint density at radius 3 is 2.68 bits per heavy atom. The second-order valence-corrected chi connectivity index (χ2v) is 6.09. The van der Waals surface area contributed by atoms with Crippen LogP contribution in [0.1, 0.15) is 45.6 Å². The van der Waals surface area contributed by atoms with E-state index in [9.17, 15) is 4.79 Å². The number of benzene rings is 2. The van der Waals surface area contributed by atoms with Gasteiger partial charge in [-0.3, -0.25) is 9.69 Å².